The van der Waals surface area contributed by atoms with Gasteiger partial charge in [-0.15, -0.1) is 11.6 Å². The van der Waals surface area contributed by atoms with Crippen molar-refractivity contribution in [2.24, 2.45) is 0 Å². The Morgan fingerprint density at radius 2 is 2.07 bits per heavy atom. The van der Waals surface area contributed by atoms with E-state index < -0.39 is 0 Å². The molecule has 1 heterocycles. The summed E-state index contributed by atoms with van der Waals surface area (Å²) in [4.78, 5) is 18.7. The molecule has 0 unspecified atom stereocenters. The normalized spacial score (nSPS) is 16.1. The van der Waals surface area contributed by atoms with Gasteiger partial charge in [0.15, 0.2) is 0 Å². The summed E-state index contributed by atoms with van der Waals surface area (Å²) in [6.45, 7) is 0. The minimum Gasteiger partial charge on any atom is -0.309 e. The lowest BCUT2D eigenvalue weighted by atomic mass is 10.1. The number of aromatic nitrogens is 2. The minimum absolute atomic E-state index is 0.00699. The summed E-state index contributed by atoms with van der Waals surface area (Å²) in [6, 6.07) is 0. The molecule has 0 saturated carbocycles. The fourth-order valence-electron chi connectivity index (χ4n) is 1.89. The van der Waals surface area contributed by atoms with Gasteiger partial charge in [0.2, 0.25) is 0 Å². The van der Waals surface area contributed by atoms with Crippen molar-refractivity contribution in [3.8, 4) is 0 Å². The van der Waals surface area contributed by atoms with Gasteiger partial charge in [0.05, 0.1) is 11.6 Å². The average Bonchev–Trinajstić information content (AvgIpc) is 2.42. The highest BCUT2D eigenvalue weighted by atomic mass is 35.5. The standard InChI is InChI=1S/C10H13ClN2O/c11-6-9-12-8-5-3-1-2-4-7(8)10(14)13-9/h1-6H2,(H,12,13,14). The Balaban J connectivity index is 2.48. The molecule has 4 heteroatoms. The Labute approximate surface area is 87.5 Å². The summed E-state index contributed by atoms with van der Waals surface area (Å²) >= 11 is 5.65. The maximum absolute atomic E-state index is 11.6. The fraction of sp³-hybridized carbons (Fsp3) is 0.600. The zero-order chi connectivity index (χ0) is 9.97. The second-order valence-corrected chi connectivity index (χ2v) is 3.90. The van der Waals surface area contributed by atoms with Gasteiger partial charge >= 0.3 is 0 Å². The van der Waals surface area contributed by atoms with Gasteiger partial charge in [-0.1, -0.05) is 6.42 Å². The van der Waals surface area contributed by atoms with Gasteiger partial charge in [-0.2, -0.15) is 0 Å². The van der Waals surface area contributed by atoms with Crippen LogP contribution in [0.1, 0.15) is 36.3 Å². The van der Waals surface area contributed by atoms with Crippen LogP contribution in [0, 0.1) is 0 Å². The SMILES string of the molecule is O=c1[nH]c(CCl)nc2c1CCCCC2. The maximum Gasteiger partial charge on any atom is 0.254 e. The summed E-state index contributed by atoms with van der Waals surface area (Å²) in [6.07, 6.45) is 5.19. The van der Waals surface area contributed by atoms with Gasteiger partial charge < -0.3 is 4.98 Å². The maximum atomic E-state index is 11.6. The first kappa shape index (κ1) is 9.71. The number of fused-ring (bicyclic) bond motifs is 1. The lowest BCUT2D eigenvalue weighted by Crippen LogP contribution is -2.19. The highest BCUT2D eigenvalue weighted by molar-refractivity contribution is 6.16. The molecular weight excluding hydrogens is 200 g/mol. The third-order valence-corrected chi connectivity index (χ3v) is 2.87. The number of halogens is 1. The van der Waals surface area contributed by atoms with E-state index in [1.165, 1.54) is 6.42 Å². The van der Waals surface area contributed by atoms with Crippen LogP contribution in [0.25, 0.3) is 0 Å². The van der Waals surface area contributed by atoms with Crippen LogP contribution in [-0.4, -0.2) is 9.97 Å². The van der Waals surface area contributed by atoms with Crippen molar-refractivity contribution in [3.63, 3.8) is 0 Å². The Kier molecular flexibility index (Phi) is 2.87. The largest absolute Gasteiger partial charge is 0.309 e. The lowest BCUT2D eigenvalue weighted by Gasteiger charge is -2.04. The number of aromatic amines is 1. The number of hydrogen-bond donors (Lipinski definition) is 1. The van der Waals surface area contributed by atoms with Crippen LogP contribution in [0.15, 0.2) is 4.79 Å². The van der Waals surface area contributed by atoms with Gasteiger partial charge in [0.25, 0.3) is 5.56 Å². The van der Waals surface area contributed by atoms with Gasteiger partial charge in [-0.05, 0) is 25.7 Å². The molecule has 1 aliphatic carbocycles. The molecule has 0 spiro atoms. The molecule has 0 fully saturated rings. The number of H-pyrrole nitrogens is 1. The molecule has 0 aromatic carbocycles. The number of hydrogen-bond acceptors (Lipinski definition) is 2. The summed E-state index contributed by atoms with van der Waals surface area (Å²) in [5, 5.41) is 0. The Hall–Kier alpha value is -0.830. The Morgan fingerprint density at radius 3 is 2.86 bits per heavy atom. The minimum atomic E-state index is 0.00699. The van der Waals surface area contributed by atoms with Crippen molar-refractivity contribution in [3.05, 3.63) is 27.4 Å². The molecule has 0 bridgehead atoms. The van der Waals surface area contributed by atoms with Crippen molar-refractivity contribution >= 4 is 11.6 Å². The molecule has 1 aromatic rings. The average molecular weight is 213 g/mol. The van der Waals surface area contributed by atoms with Crippen molar-refractivity contribution < 1.29 is 0 Å². The van der Waals surface area contributed by atoms with Gasteiger partial charge in [0, 0.05) is 5.56 Å². The van der Waals surface area contributed by atoms with Crippen LogP contribution < -0.4 is 5.56 Å². The highest BCUT2D eigenvalue weighted by Crippen LogP contribution is 2.15. The van der Waals surface area contributed by atoms with E-state index in [1.807, 2.05) is 0 Å². The van der Waals surface area contributed by atoms with Crippen molar-refractivity contribution in [1.82, 2.24) is 9.97 Å². The molecule has 1 N–H and O–H groups in total. The van der Waals surface area contributed by atoms with E-state index in [-0.39, 0.29) is 11.4 Å². The number of aryl methyl sites for hydroxylation is 1. The summed E-state index contributed by atoms with van der Waals surface area (Å²) in [5.74, 6) is 0.875. The number of nitrogens with zero attached hydrogens (tertiary/aromatic N) is 1. The first-order valence-corrected chi connectivity index (χ1v) is 5.51. The first-order chi connectivity index (χ1) is 6.81. The summed E-state index contributed by atoms with van der Waals surface area (Å²) in [7, 11) is 0. The molecule has 1 aliphatic rings. The van der Waals surface area contributed by atoms with Gasteiger partial charge in [-0.25, -0.2) is 4.98 Å². The molecule has 0 amide bonds. The monoisotopic (exact) mass is 212 g/mol. The second-order valence-electron chi connectivity index (χ2n) is 3.63. The third-order valence-electron chi connectivity index (χ3n) is 2.62. The fourth-order valence-corrected chi connectivity index (χ4v) is 2.02. The highest BCUT2D eigenvalue weighted by Gasteiger charge is 2.13. The second kappa shape index (κ2) is 4.13. The van der Waals surface area contributed by atoms with E-state index in [0.29, 0.717) is 5.82 Å². The lowest BCUT2D eigenvalue weighted by molar-refractivity contribution is 0.708. The van der Waals surface area contributed by atoms with Crippen LogP contribution in [0.2, 0.25) is 0 Å². The quantitative estimate of drug-likeness (QED) is 0.570. The van der Waals surface area contributed by atoms with Crippen molar-refractivity contribution in [2.45, 2.75) is 38.0 Å². The van der Waals surface area contributed by atoms with Crippen molar-refractivity contribution in [2.75, 3.05) is 0 Å². The smallest absolute Gasteiger partial charge is 0.254 e. The summed E-state index contributed by atoms with van der Waals surface area (Å²) in [5.41, 5.74) is 1.84. The van der Waals surface area contributed by atoms with E-state index in [9.17, 15) is 4.79 Å². The summed E-state index contributed by atoms with van der Waals surface area (Å²) < 4.78 is 0. The zero-order valence-electron chi connectivity index (χ0n) is 7.98. The van der Waals surface area contributed by atoms with Crippen LogP contribution in [0.5, 0.6) is 0 Å². The van der Waals surface area contributed by atoms with Crippen molar-refractivity contribution in [1.29, 1.82) is 0 Å². The van der Waals surface area contributed by atoms with Crippen LogP contribution in [0.4, 0.5) is 0 Å². The molecule has 0 aliphatic heterocycles. The van der Waals surface area contributed by atoms with E-state index in [1.54, 1.807) is 0 Å². The molecule has 2 rings (SSSR count). The molecule has 0 atom stereocenters. The molecular formula is C10H13ClN2O. The van der Waals surface area contributed by atoms with E-state index in [2.05, 4.69) is 9.97 Å². The first-order valence-electron chi connectivity index (χ1n) is 4.98. The van der Waals surface area contributed by atoms with Crippen LogP contribution in [0.3, 0.4) is 0 Å². The third kappa shape index (κ3) is 1.82. The Bertz CT molecular complexity index is 386. The Morgan fingerprint density at radius 1 is 1.29 bits per heavy atom. The van der Waals surface area contributed by atoms with Crippen LogP contribution >= 0.6 is 11.6 Å². The van der Waals surface area contributed by atoms with Gasteiger partial charge in [0.1, 0.15) is 5.82 Å². The van der Waals surface area contributed by atoms with Crippen LogP contribution in [-0.2, 0) is 18.7 Å². The molecule has 14 heavy (non-hydrogen) atoms. The van der Waals surface area contributed by atoms with Gasteiger partial charge in [-0.3, -0.25) is 4.79 Å². The number of alkyl halides is 1. The number of nitrogens with one attached hydrogen (secondary N) is 1. The molecule has 3 nitrogen and oxygen atoms in total. The van der Waals surface area contributed by atoms with E-state index in [0.717, 1.165) is 36.9 Å². The molecule has 0 saturated heterocycles. The van der Waals surface area contributed by atoms with E-state index in [4.69, 9.17) is 11.6 Å². The molecule has 0 radical (unpaired) electrons. The zero-order valence-corrected chi connectivity index (χ0v) is 8.73. The molecule has 76 valence electrons. The topological polar surface area (TPSA) is 45.8 Å². The predicted octanol–water partition coefficient (Wildman–Crippen LogP) is 1.78. The predicted molar refractivity (Wildman–Crippen MR) is 55.7 cm³/mol. The molecule has 1 aromatic heterocycles. The van der Waals surface area contributed by atoms with E-state index >= 15 is 0 Å². The number of rotatable bonds is 1.